The van der Waals surface area contributed by atoms with E-state index in [1.807, 2.05) is 42.5 Å². The van der Waals surface area contributed by atoms with E-state index in [1.54, 1.807) is 18.2 Å². The molecule has 1 N–H and O–H groups in total. The Hall–Kier alpha value is -3.01. The van der Waals surface area contributed by atoms with Gasteiger partial charge in [-0.15, -0.1) is 0 Å². The Kier molecular flexibility index (Phi) is 2.93. The second-order valence-electron chi connectivity index (χ2n) is 5.05. The van der Waals surface area contributed by atoms with E-state index in [1.165, 1.54) is 0 Å². The fraction of sp³-hybridized carbons (Fsp3) is 0.0556. The molecule has 1 amide bonds. The highest BCUT2D eigenvalue weighted by molar-refractivity contribution is 6.13. The Morgan fingerprint density at radius 2 is 1.73 bits per heavy atom. The van der Waals surface area contributed by atoms with Crippen molar-refractivity contribution in [1.82, 2.24) is 0 Å². The SMILES string of the molecule is O=C(Nc1ccc2c(c1)OCO2)c1cccc2ccccc12. The first-order valence-corrected chi connectivity index (χ1v) is 7.00. The standard InChI is InChI=1S/C18H13NO3/c20-18(15-7-3-5-12-4-1-2-6-14(12)15)19-13-8-9-16-17(10-13)22-11-21-16/h1-10H,11H2,(H,19,20). The molecule has 4 heteroatoms. The van der Waals surface area contributed by atoms with Gasteiger partial charge in [0.1, 0.15) is 0 Å². The average molecular weight is 291 g/mol. The predicted molar refractivity (Wildman–Crippen MR) is 84.5 cm³/mol. The third-order valence-corrected chi connectivity index (χ3v) is 3.66. The molecule has 0 saturated heterocycles. The maximum atomic E-state index is 12.5. The molecule has 0 atom stereocenters. The van der Waals surface area contributed by atoms with Crippen molar-refractivity contribution in [1.29, 1.82) is 0 Å². The number of carbonyl (C=O) groups excluding carboxylic acids is 1. The van der Waals surface area contributed by atoms with E-state index < -0.39 is 0 Å². The fourth-order valence-corrected chi connectivity index (χ4v) is 2.60. The summed E-state index contributed by atoms with van der Waals surface area (Å²) in [4.78, 5) is 12.5. The molecule has 0 bridgehead atoms. The van der Waals surface area contributed by atoms with Gasteiger partial charge in [-0.05, 0) is 29.0 Å². The van der Waals surface area contributed by atoms with Crippen LogP contribution in [0.2, 0.25) is 0 Å². The maximum Gasteiger partial charge on any atom is 0.256 e. The van der Waals surface area contributed by atoms with Crippen LogP contribution in [0.3, 0.4) is 0 Å². The van der Waals surface area contributed by atoms with E-state index in [-0.39, 0.29) is 12.7 Å². The van der Waals surface area contributed by atoms with Crippen LogP contribution in [0.25, 0.3) is 10.8 Å². The van der Waals surface area contributed by atoms with Gasteiger partial charge in [-0.25, -0.2) is 0 Å². The summed E-state index contributed by atoms with van der Waals surface area (Å²) in [6, 6.07) is 18.9. The van der Waals surface area contributed by atoms with Crippen LogP contribution < -0.4 is 14.8 Å². The molecule has 3 aromatic carbocycles. The highest BCUT2D eigenvalue weighted by atomic mass is 16.7. The van der Waals surface area contributed by atoms with Crippen LogP contribution >= 0.6 is 0 Å². The fourth-order valence-electron chi connectivity index (χ4n) is 2.60. The van der Waals surface area contributed by atoms with E-state index in [4.69, 9.17) is 9.47 Å². The second kappa shape index (κ2) is 5.07. The van der Waals surface area contributed by atoms with E-state index in [9.17, 15) is 4.79 Å². The molecule has 22 heavy (non-hydrogen) atoms. The lowest BCUT2D eigenvalue weighted by Crippen LogP contribution is -2.12. The van der Waals surface area contributed by atoms with Gasteiger partial charge in [-0.2, -0.15) is 0 Å². The number of hydrogen-bond acceptors (Lipinski definition) is 3. The Bertz CT molecular complexity index is 868. The summed E-state index contributed by atoms with van der Waals surface area (Å²) in [6.07, 6.45) is 0. The van der Waals surface area contributed by atoms with Crippen LogP contribution in [0.4, 0.5) is 5.69 Å². The van der Waals surface area contributed by atoms with Gasteiger partial charge < -0.3 is 14.8 Å². The molecule has 0 saturated carbocycles. The first-order valence-electron chi connectivity index (χ1n) is 7.00. The van der Waals surface area contributed by atoms with Gasteiger partial charge in [0, 0.05) is 17.3 Å². The predicted octanol–water partition coefficient (Wildman–Crippen LogP) is 3.82. The lowest BCUT2D eigenvalue weighted by atomic mass is 10.0. The molecule has 1 aliphatic rings. The van der Waals surface area contributed by atoms with Gasteiger partial charge in [0.15, 0.2) is 11.5 Å². The third kappa shape index (κ3) is 2.15. The van der Waals surface area contributed by atoms with E-state index in [0.29, 0.717) is 22.7 Å². The number of hydrogen-bond donors (Lipinski definition) is 1. The van der Waals surface area contributed by atoms with E-state index in [2.05, 4.69) is 5.32 Å². The Labute approximate surface area is 127 Å². The molecule has 1 aliphatic heterocycles. The smallest absolute Gasteiger partial charge is 0.256 e. The Balaban J connectivity index is 1.66. The first-order chi connectivity index (χ1) is 10.8. The van der Waals surface area contributed by atoms with Gasteiger partial charge in [-0.1, -0.05) is 36.4 Å². The van der Waals surface area contributed by atoms with Crippen molar-refractivity contribution in [3.8, 4) is 11.5 Å². The van der Waals surface area contributed by atoms with E-state index >= 15 is 0 Å². The molecular formula is C18H13NO3. The van der Waals surface area contributed by atoms with Gasteiger partial charge in [-0.3, -0.25) is 4.79 Å². The first kappa shape index (κ1) is 12.7. The number of amides is 1. The number of nitrogens with one attached hydrogen (secondary N) is 1. The molecular weight excluding hydrogens is 278 g/mol. The van der Waals surface area contributed by atoms with Crippen LogP contribution in [0, 0.1) is 0 Å². The zero-order valence-electron chi connectivity index (χ0n) is 11.7. The van der Waals surface area contributed by atoms with Crippen LogP contribution in [0.15, 0.2) is 60.7 Å². The van der Waals surface area contributed by atoms with Gasteiger partial charge in [0.05, 0.1) is 0 Å². The van der Waals surface area contributed by atoms with Gasteiger partial charge >= 0.3 is 0 Å². The van der Waals surface area contributed by atoms with Crippen molar-refractivity contribution in [2.45, 2.75) is 0 Å². The highest BCUT2D eigenvalue weighted by Gasteiger charge is 2.15. The number of ether oxygens (including phenoxy) is 2. The van der Waals surface area contributed by atoms with Crippen molar-refractivity contribution in [2.24, 2.45) is 0 Å². The quantitative estimate of drug-likeness (QED) is 0.780. The maximum absolute atomic E-state index is 12.5. The third-order valence-electron chi connectivity index (χ3n) is 3.66. The summed E-state index contributed by atoms with van der Waals surface area (Å²) in [5.74, 6) is 1.20. The summed E-state index contributed by atoms with van der Waals surface area (Å²) in [5.41, 5.74) is 1.33. The summed E-state index contributed by atoms with van der Waals surface area (Å²) in [6.45, 7) is 0.218. The Morgan fingerprint density at radius 3 is 2.68 bits per heavy atom. The molecule has 0 aliphatic carbocycles. The Morgan fingerprint density at radius 1 is 0.909 bits per heavy atom. The van der Waals surface area contributed by atoms with Crippen molar-refractivity contribution in [3.63, 3.8) is 0 Å². The number of carbonyl (C=O) groups is 1. The molecule has 0 fully saturated rings. The molecule has 1 heterocycles. The summed E-state index contributed by atoms with van der Waals surface area (Å²) in [7, 11) is 0. The van der Waals surface area contributed by atoms with E-state index in [0.717, 1.165) is 10.8 Å². The van der Waals surface area contributed by atoms with Crippen LogP contribution in [-0.4, -0.2) is 12.7 Å². The summed E-state index contributed by atoms with van der Waals surface area (Å²) in [5, 5.41) is 4.88. The number of benzene rings is 3. The van der Waals surface area contributed by atoms with Crippen molar-refractivity contribution < 1.29 is 14.3 Å². The lowest BCUT2D eigenvalue weighted by molar-refractivity contribution is 0.102. The van der Waals surface area contributed by atoms with Crippen LogP contribution in [0.1, 0.15) is 10.4 Å². The molecule has 3 aromatic rings. The number of fused-ring (bicyclic) bond motifs is 2. The zero-order chi connectivity index (χ0) is 14.9. The lowest BCUT2D eigenvalue weighted by Gasteiger charge is -2.08. The molecule has 0 spiro atoms. The molecule has 0 aromatic heterocycles. The topological polar surface area (TPSA) is 47.6 Å². The minimum Gasteiger partial charge on any atom is -0.454 e. The highest BCUT2D eigenvalue weighted by Crippen LogP contribution is 2.34. The number of rotatable bonds is 2. The molecule has 0 radical (unpaired) electrons. The zero-order valence-corrected chi connectivity index (χ0v) is 11.7. The normalized spacial score (nSPS) is 12.4. The van der Waals surface area contributed by atoms with Crippen molar-refractivity contribution >= 4 is 22.4 Å². The summed E-state index contributed by atoms with van der Waals surface area (Å²) < 4.78 is 10.6. The molecule has 4 nitrogen and oxygen atoms in total. The van der Waals surface area contributed by atoms with Crippen molar-refractivity contribution in [2.75, 3.05) is 12.1 Å². The second-order valence-corrected chi connectivity index (χ2v) is 5.05. The largest absolute Gasteiger partial charge is 0.454 e. The average Bonchev–Trinajstić information content (AvgIpc) is 3.02. The molecule has 0 unspecified atom stereocenters. The monoisotopic (exact) mass is 291 g/mol. The molecule has 4 rings (SSSR count). The van der Waals surface area contributed by atoms with Crippen molar-refractivity contribution in [3.05, 3.63) is 66.2 Å². The van der Waals surface area contributed by atoms with Gasteiger partial charge in [0.2, 0.25) is 6.79 Å². The van der Waals surface area contributed by atoms with Crippen LogP contribution in [-0.2, 0) is 0 Å². The summed E-state index contributed by atoms with van der Waals surface area (Å²) >= 11 is 0. The van der Waals surface area contributed by atoms with Gasteiger partial charge in [0.25, 0.3) is 5.91 Å². The minimum absolute atomic E-state index is 0.143. The minimum atomic E-state index is -0.143. The molecule has 108 valence electrons. The number of anilines is 1. The van der Waals surface area contributed by atoms with Crippen LogP contribution in [0.5, 0.6) is 11.5 Å².